The number of hydrazine groups is 1. The minimum Gasteiger partial charge on any atom is -0.336 e. The highest BCUT2D eigenvalue weighted by Crippen LogP contribution is 2.16. The largest absolute Gasteiger partial charge is 0.336 e. The van der Waals surface area contributed by atoms with Crippen molar-refractivity contribution >= 4 is 21.6 Å². The van der Waals surface area contributed by atoms with Crippen LogP contribution in [0.1, 0.15) is 10.4 Å². The zero-order valence-corrected chi connectivity index (χ0v) is 11.9. The summed E-state index contributed by atoms with van der Waals surface area (Å²) in [6, 6.07) is 1.61. The summed E-state index contributed by atoms with van der Waals surface area (Å²) >= 11 is 0. The van der Waals surface area contributed by atoms with Gasteiger partial charge in [-0.1, -0.05) is 0 Å². The molecule has 0 aliphatic carbocycles. The van der Waals surface area contributed by atoms with Crippen LogP contribution in [0.15, 0.2) is 18.5 Å². The molecule has 1 aromatic rings. The van der Waals surface area contributed by atoms with E-state index < -0.39 is 10.0 Å². The highest BCUT2D eigenvalue weighted by molar-refractivity contribution is 7.88. The van der Waals surface area contributed by atoms with Gasteiger partial charge in [-0.3, -0.25) is 15.6 Å². The molecule has 1 aliphatic heterocycles. The number of carbonyl (C=O) groups excluding carboxylic acids is 1. The molecule has 0 aromatic carbocycles. The molecule has 110 valence electrons. The summed E-state index contributed by atoms with van der Waals surface area (Å²) in [7, 11) is -3.20. The lowest BCUT2D eigenvalue weighted by Gasteiger charge is -2.33. The van der Waals surface area contributed by atoms with Gasteiger partial charge in [-0.2, -0.15) is 4.31 Å². The summed E-state index contributed by atoms with van der Waals surface area (Å²) in [6.45, 7) is 1.31. The van der Waals surface area contributed by atoms with Crippen molar-refractivity contribution in [2.45, 2.75) is 0 Å². The fourth-order valence-electron chi connectivity index (χ4n) is 2.08. The van der Waals surface area contributed by atoms with Gasteiger partial charge in [0.1, 0.15) is 0 Å². The molecule has 9 heteroatoms. The Morgan fingerprint density at radius 2 is 2.00 bits per heavy atom. The molecular formula is C11H17N5O3S. The molecule has 2 heterocycles. The van der Waals surface area contributed by atoms with E-state index in [4.69, 9.17) is 5.84 Å². The van der Waals surface area contributed by atoms with Crippen LogP contribution in [0.3, 0.4) is 0 Å². The Bertz CT molecular complexity index is 596. The minimum atomic E-state index is -3.20. The number of amides is 1. The summed E-state index contributed by atoms with van der Waals surface area (Å²) in [5.41, 5.74) is 3.33. The highest BCUT2D eigenvalue weighted by Gasteiger charge is 2.27. The van der Waals surface area contributed by atoms with E-state index in [0.717, 1.165) is 0 Å². The van der Waals surface area contributed by atoms with Crippen molar-refractivity contribution in [1.29, 1.82) is 0 Å². The maximum absolute atomic E-state index is 12.4. The molecule has 0 bridgehead atoms. The fourth-order valence-corrected chi connectivity index (χ4v) is 2.91. The van der Waals surface area contributed by atoms with E-state index >= 15 is 0 Å². The number of anilines is 1. The Kier molecular flexibility index (Phi) is 4.21. The smallest absolute Gasteiger partial charge is 0.257 e. The van der Waals surface area contributed by atoms with Crippen molar-refractivity contribution in [2.24, 2.45) is 5.84 Å². The average Bonchev–Trinajstić information content (AvgIpc) is 2.45. The number of carbonyl (C=O) groups is 1. The molecule has 1 saturated heterocycles. The number of nitrogens with one attached hydrogen (secondary N) is 1. The van der Waals surface area contributed by atoms with Crippen molar-refractivity contribution in [3.63, 3.8) is 0 Å². The van der Waals surface area contributed by atoms with E-state index in [9.17, 15) is 13.2 Å². The average molecular weight is 299 g/mol. The van der Waals surface area contributed by atoms with Crippen LogP contribution >= 0.6 is 0 Å². The second kappa shape index (κ2) is 5.73. The predicted octanol–water partition coefficient (Wildman–Crippen LogP) is -0.915. The molecule has 2 rings (SSSR count). The van der Waals surface area contributed by atoms with Crippen LogP contribution in [0.5, 0.6) is 0 Å². The molecule has 3 N–H and O–H groups in total. The zero-order chi connectivity index (χ0) is 14.8. The molecule has 0 unspecified atom stereocenters. The number of nitrogen functional groups attached to an aromatic ring is 1. The van der Waals surface area contributed by atoms with Gasteiger partial charge in [0.05, 0.1) is 17.5 Å². The molecule has 0 atom stereocenters. The number of pyridine rings is 1. The number of hydrogen-bond acceptors (Lipinski definition) is 6. The summed E-state index contributed by atoms with van der Waals surface area (Å²) < 4.78 is 24.2. The maximum atomic E-state index is 12.4. The second-order valence-corrected chi connectivity index (χ2v) is 6.50. The lowest BCUT2D eigenvalue weighted by molar-refractivity contribution is 0.0699. The van der Waals surface area contributed by atoms with Gasteiger partial charge in [0, 0.05) is 38.6 Å². The van der Waals surface area contributed by atoms with Gasteiger partial charge in [0.2, 0.25) is 10.0 Å². The quantitative estimate of drug-likeness (QED) is 0.552. The van der Waals surface area contributed by atoms with Gasteiger partial charge in [0.15, 0.2) is 0 Å². The van der Waals surface area contributed by atoms with Crippen LogP contribution in [0, 0.1) is 0 Å². The first-order valence-electron chi connectivity index (χ1n) is 6.08. The minimum absolute atomic E-state index is 0.209. The molecule has 0 spiro atoms. The molecule has 1 amide bonds. The van der Waals surface area contributed by atoms with Crippen molar-refractivity contribution in [3.8, 4) is 0 Å². The van der Waals surface area contributed by atoms with Crippen LogP contribution in [-0.4, -0.2) is 60.9 Å². The number of aromatic nitrogens is 1. The third-order valence-electron chi connectivity index (χ3n) is 3.20. The van der Waals surface area contributed by atoms with E-state index in [-0.39, 0.29) is 5.91 Å². The first kappa shape index (κ1) is 14.7. The fraction of sp³-hybridized carbons (Fsp3) is 0.455. The van der Waals surface area contributed by atoms with Gasteiger partial charge in [0.25, 0.3) is 5.91 Å². The maximum Gasteiger partial charge on any atom is 0.257 e. The van der Waals surface area contributed by atoms with Crippen LogP contribution in [-0.2, 0) is 10.0 Å². The number of sulfonamides is 1. The third kappa shape index (κ3) is 3.06. The summed E-state index contributed by atoms with van der Waals surface area (Å²) in [5, 5.41) is 0. The lowest BCUT2D eigenvalue weighted by Crippen LogP contribution is -2.50. The first-order valence-corrected chi connectivity index (χ1v) is 7.93. The van der Waals surface area contributed by atoms with Gasteiger partial charge in [-0.25, -0.2) is 8.42 Å². The molecule has 1 aliphatic rings. The van der Waals surface area contributed by atoms with Gasteiger partial charge < -0.3 is 10.3 Å². The Morgan fingerprint density at radius 1 is 1.35 bits per heavy atom. The summed E-state index contributed by atoms with van der Waals surface area (Å²) in [4.78, 5) is 17.9. The zero-order valence-electron chi connectivity index (χ0n) is 11.1. The van der Waals surface area contributed by atoms with Crippen LogP contribution in [0.25, 0.3) is 0 Å². The monoisotopic (exact) mass is 299 g/mol. The van der Waals surface area contributed by atoms with E-state index in [1.165, 1.54) is 23.0 Å². The molecule has 1 fully saturated rings. The molecule has 20 heavy (non-hydrogen) atoms. The van der Waals surface area contributed by atoms with E-state index in [2.05, 4.69) is 10.4 Å². The van der Waals surface area contributed by atoms with Crippen molar-refractivity contribution in [1.82, 2.24) is 14.2 Å². The topological polar surface area (TPSA) is 109 Å². The number of nitrogens with two attached hydrogens (primary N) is 1. The Labute approximate surface area is 117 Å². The Morgan fingerprint density at radius 3 is 2.55 bits per heavy atom. The van der Waals surface area contributed by atoms with Gasteiger partial charge >= 0.3 is 0 Å². The predicted molar refractivity (Wildman–Crippen MR) is 74.4 cm³/mol. The molecule has 0 saturated carbocycles. The number of rotatable bonds is 3. The van der Waals surface area contributed by atoms with Crippen molar-refractivity contribution < 1.29 is 13.2 Å². The summed E-state index contributed by atoms with van der Waals surface area (Å²) in [6.07, 6.45) is 4.15. The van der Waals surface area contributed by atoms with Crippen LogP contribution in [0.2, 0.25) is 0 Å². The lowest BCUT2D eigenvalue weighted by atomic mass is 10.2. The molecule has 0 radical (unpaired) electrons. The SMILES string of the molecule is CS(=O)(=O)N1CCN(C(=O)c2cnccc2NN)CC1. The van der Waals surface area contributed by atoms with Crippen LogP contribution in [0.4, 0.5) is 5.69 Å². The van der Waals surface area contributed by atoms with E-state index in [1.54, 1.807) is 11.0 Å². The normalized spacial score (nSPS) is 17.0. The van der Waals surface area contributed by atoms with Gasteiger partial charge in [-0.15, -0.1) is 0 Å². The first-order chi connectivity index (χ1) is 9.43. The van der Waals surface area contributed by atoms with Crippen molar-refractivity contribution in [3.05, 3.63) is 24.0 Å². The second-order valence-electron chi connectivity index (χ2n) is 4.52. The molecule has 8 nitrogen and oxygen atoms in total. The van der Waals surface area contributed by atoms with E-state index in [0.29, 0.717) is 37.4 Å². The number of nitrogens with zero attached hydrogens (tertiary/aromatic N) is 3. The molecular weight excluding hydrogens is 282 g/mol. The van der Waals surface area contributed by atoms with Gasteiger partial charge in [-0.05, 0) is 6.07 Å². The van der Waals surface area contributed by atoms with E-state index in [1.807, 2.05) is 0 Å². The Hall–Kier alpha value is -1.71. The van der Waals surface area contributed by atoms with Crippen LogP contribution < -0.4 is 11.3 Å². The third-order valence-corrected chi connectivity index (χ3v) is 4.51. The highest BCUT2D eigenvalue weighted by atomic mass is 32.2. The number of piperazine rings is 1. The standard InChI is InChI=1S/C11H17N5O3S/c1-20(18,19)16-6-4-15(5-7-16)11(17)9-8-13-3-2-10(9)14-12/h2-3,8H,4-7,12H2,1H3,(H,13,14). The number of hydrogen-bond donors (Lipinski definition) is 2. The molecule has 1 aromatic heterocycles. The summed E-state index contributed by atoms with van der Waals surface area (Å²) in [5.74, 6) is 5.15. The Balaban J connectivity index is 2.09. The van der Waals surface area contributed by atoms with Crippen molar-refractivity contribution in [2.75, 3.05) is 37.9 Å².